The van der Waals surface area contributed by atoms with E-state index in [-0.39, 0.29) is 37.9 Å². The van der Waals surface area contributed by atoms with Crippen LogP contribution in [0.2, 0.25) is 0 Å². The number of ketones is 2. The SMILES string of the molecule is CC(=O)OCC(=O)[C@@]1(O)CC[C@H]2[C@@H]3CCC4=CC(=O)CC[C@]4(C)[C@@]3(F)[C@@H](OC(=O)C(F)(F)F)C[C@@]21C. The standard InChI is InChI=1S/C25H30F4O7/c1-13(30)35-12-18(32)23(34)9-7-16-17-5-4-14-10-15(31)6-8-21(14,2)24(17,26)19(11-22(16,23)3)36-20(33)25(27,28)29/h10,16-17,19,34H,4-9,11-12H2,1-3H3/t16-,17-,19-,21-,22-,23-,24-/m0/s1. The largest absolute Gasteiger partial charge is 0.490 e. The van der Waals surface area contributed by atoms with Crippen molar-refractivity contribution in [2.24, 2.45) is 22.7 Å². The van der Waals surface area contributed by atoms with Crippen molar-refractivity contribution in [3.05, 3.63) is 11.6 Å². The van der Waals surface area contributed by atoms with Crippen LogP contribution in [-0.2, 0) is 28.7 Å². The van der Waals surface area contributed by atoms with Gasteiger partial charge in [-0.1, -0.05) is 19.4 Å². The molecule has 4 aliphatic carbocycles. The highest BCUT2D eigenvalue weighted by Gasteiger charge is 2.75. The molecule has 7 atom stereocenters. The summed E-state index contributed by atoms with van der Waals surface area (Å²) in [6.07, 6.45) is -5.85. The highest BCUT2D eigenvalue weighted by molar-refractivity contribution is 5.92. The van der Waals surface area contributed by atoms with Gasteiger partial charge >= 0.3 is 18.1 Å². The predicted octanol–water partition coefficient (Wildman–Crippen LogP) is 3.56. The highest BCUT2D eigenvalue weighted by atomic mass is 19.4. The first-order valence-electron chi connectivity index (χ1n) is 12.1. The Morgan fingerprint density at radius 1 is 1.11 bits per heavy atom. The monoisotopic (exact) mass is 518 g/mol. The molecule has 200 valence electrons. The number of halogens is 4. The highest BCUT2D eigenvalue weighted by Crippen LogP contribution is 2.70. The molecule has 36 heavy (non-hydrogen) atoms. The lowest BCUT2D eigenvalue weighted by Gasteiger charge is -2.63. The summed E-state index contributed by atoms with van der Waals surface area (Å²) in [5, 5.41) is 11.6. The zero-order valence-corrected chi connectivity index (χ0v) is 20.4. The van der Waals surface area contributed by atoms with Crippen molar-refractivity contribution in [1.29, 1.82) is 0 Å². The Balaban J connectivity index is 1.81. The van der Waals surface area contributed by atoms with Gasteiger partial charge in [-0.3, -0.25) is 14.4 Å². The van der Waals surface area contributed by atoms with Gasteiger partial charge < -0.3 is 14.6 Å². The normalized spacial score (nSPS) is 41.9. The van der Waals surface area contributed by atoms with Crippen LogP contribution in [0, 0.1) is 22.7 Å². The van der Waals surface area contributed by atoms with E-state index < -0.39 is 77.0 Å². The summed E-state index contributed by atoms with van der Waals surface area (Å²) >= 11 is 0. The third-order valence-corrected chi connectivity index (χ3v) is 9.52. The van der Waals surface area contributed by atoms with Gasteiger partial charge in [0.1, 0.15) is 11.7 Å². The Labute approximate surface area is 205 Å². The van der Waals surface area contributed by atoms with Crippen molar-refractivity contribution in [2.45, 2.75) is 89.3 Å². The zero-order valence-electron chi connectivity index (χ0n) is 20.4. The van der Waals surface area contributed by atoms with E-state index in [1.165, 1.54) is 13.0 Å². The van der Waals surface area contributed by atoms with Crippen LogP contribution in [0.4, 0.5) is 17.6 Å². The molecule has 0 aliphatic heterocycles. The maximum absolute atomic E-state index is 17.6. The molecule has 3 saturated carbocycles. The number of ether oxygens (including phenoxy) is 2. The van der Waals surface area contributed by atoms with Crippen molar-refractivity contribution >= 4 is 23.5 Å². The first-order valence-corrected chi connectivity index (χ1v) is 12.1. The second-order valence-corrected chi connectivity index (χ2v) is 11.1. The molecule has 0 saturated heterocycles. The average Bonchev–Trinajstić information content (AvgIpc) is 3.04. The third-order valence-electron chi connectivity index (χ3n) is 9.52. The van der Waals surface area contributed by atoms with Gasteiger partial charge in [-0.15, -0.1) is 0 Å². The van der Waals surface area contributed by atoms with Crippen molar-refractivity contribution in [2.75, 3.05) is 6.61 Å². The second-order valence-electron chi connectivity index (χ2n) is 11.1. The predicted molar refractivity (Wildman–Crippen MR) is 115 cm³/mol. The number of rotatable bonds is 4. The number of allylic oxidation sites excluding steroid dienone is 1. The number of Topliss-reactive ketones (excluding diaryl/α,β-unsaturated/α-hetero) is 1. The number of alkyl halides is 4. The molecule has 0 bridgehead atoms. The molecule has 0 unspecified atom stereocenters. The number of carbonyl (C=O) groups excluding carboxylic acids is 4. The molecule has 3 fully saturated rings. The quantitative estimate of drug-likeness (QED) is 0.448. The average molecular weight is 519 g/mol. The van der Waals surface area contributed by atoms with Gasteiger partial charge in [0.25, 0.3) is 0 Å². The number of esters is 2. The minimum Gasteiger partial charge on any atom is -0.458 e. The van der Waals surface area contributed by atoms with Gasteiger partial charge in [0.2, 0.25) is 5.78 Å². The summed E-state index contributed by atoms with van der Waals surface area (Å²) in [4.78, 5) is 48.3. The summed E-state index contributed by atoms with van der Waals surface area (Å²) in [5.74, 6) is -5.88. The molecule has 1 N–H and O–H groups in total. The Morgan fingerprint density at radius 3 is 2.39 bits per heavy atom. The molecule has 0 spiro atoms. The maximum Gasteiger partial charge on any atom is 0.490 e. The molecule has 11 heteroatoms. The first kappa shape index (κ1) is 26.8. The zero-order chi connectivity index (χ0) is 26.9. The topological polar surface area (TPSA) is 107 Å². The number of aliphatic hydroxyl groups is 1. The van der Waals surface area contributed by atoms with Crippen LogP contribution < -0.4 is 0 Å². The van der Waals surface area contributed by atoms with Crippen LogP contribution in [0.25, 0.3) is 0 Å². The van der Waals surface area contributed by atoms with Crippen LogP contribution in [0.3, 0.4) is 0 Å². The molecule has 0 radical (unpaired) electrons. The second kappa shape index (κ2) is 8.36. The van der Waals surface area contributed by atoms with Gasteiger partial charge in [-0.05, 0) is 50.5 Å². The van der Waals surface area contributed by atoms with Crippen LogP contribution in [0.1, 0.15) is 65.7 Å². The molecule has 7 nitrogen and oxygen atoms in total. The molecular formula is C25H30F4O7. The Morgan fingerprint density at radius 2 is 1.78 bits per heavy atom. The minimum absolute atomic E-state index is 0.00503. The molecule has 0 heterocycles. The van der Waals surface area contributed by atoms with E-state index in [1.807, 2.05) is 0 Å². The lowest BCUT2D eigenvalue weighted by molar-refractivity contribution is -0.253. The number of fused-ring (bicyclic) bond motifs is 5. The molecule has 4 rings (SSSR count). The van der Waals surface area contributed by atoms with Crippen molar-refractivity contribution in [3.8, 4) is 0 Å². The van der Waals surface area contributed by atoms with Crippen molar-refractivity contribution in [1.82, 2.24) is 0 Å². The van der Waals surface area contributed by atoms with E-state index in [2.05, 4.69) is 0 Å². The smallest absolute Gasteiger partial charge is 0.458 e. The van der Waals surface area contributed by atoms with Gasteiger partial charge in [0.05, 0.1) is 0 Å². The lowest BCUT2D eigenvalue weighted by atomic mass is 9.43. The number of carbonyl (C=O) groups is 4. The van der Waals surface area contributed by atoms with E-state index in [1.54, 1.807) is 6.92 Å². The lowest BCUT2D eigenvalue weighted by Crippen LogP contribution is -2.70. The minimum atomic E-state index is -5.38. The molecule has 0 amide bonds. The Bertz CT molecular complexity index is 1040. The van der Waals surface area contributed by atoms with Gasteiger partial charge in [-0.25, -0.2) is 9.18 Å². The fourth-order valence-electron chi connectivity index (χ4n) is 7.61. The van der Waals surface area contributed by atoms with Crippen LogP contribution in [0.15, 0.2) is 11.6 Å². The molecular weight excluding hydrogens is 488 g/mol. The van der Waals surface area contributed by atoms with Gasteiger partial charge in [-0.2, -0.15) is 13.2 Å². The van der Waals surface area contributed by atoms with Crippen LogP contribution >= 0.6 is 0 Å². The fourth-order valence-corrected chi connectivity index (χ4v) is 7.61. The Kier molecular flexibility index (Phi) is 6.21. The molecule has 0 aromatic carbocycles. The summed E-state index contributed by atoms with van der Waals surface area (Å²) in [6.45, 7) is 3.41. The van der Waals surface area contributed by atoms with Crippen molar-refractivity contribution < 1.29 is 51.3 Å². The third kappa shape index (κ3) is 3.63. The summed E-state index contributed by atoms with van der Waals surface area (Å²) in [7, 11) is 0. The van der Waals surface area contributed by atoms with E-state index in [9.17, 15) is 37.5 Å². The van der Waals surface area contributed by atoms with E-state index in [0.717, 1.165) is 6.92 Å². The van der Waals surface area contributed by atoms with E-state index in [0.29, 0.717) is 12.0 Å². The van der Waals surface area contributed by atoms with Crippen molar-refractivity contribution in [3.63, 3.8) is 0 Å². The van der Waals surface area contributed by atoms with Crippen LogP contribution in [0.5, 0.6) is 0 Å². The van der Waals surface area contributed by atoms with Crippen LogP contribution in [-0.4, -0.2) is 58.8 Å². The Hall–Kier alpha value is -2.30. The first-order chi connectivity index (χ1) is 16.5. The summed E-state index contributed by atoms with van der Waals surface area (Å²) in [6, 6.07) is 0. The maximum atomic E-state index is 17.6. The summed E-state index contributed by atoms with van der Waals surface area (Å²) < 4.78 is 66.9. The van der Waals surface area contributed by atoms with E-state index >= 15 is 4.39 Å². The number of hydrogen-bond donors (Lipinski definition) is 1. The number of hydrogen-bond acceptors (Lipinski definition) is 7. The summed E-state index contributed by atoms with van der Waals surface area (Å²) in [5.41, 5.74) is -6.88. The van der Waals surface area contributed by atoms with Gasteiger partial charge in [0.15, 0.2) is 18.1 Å². The fraction of sp³-hybridized carbons (Fsp3) is 0.760. The van der Waals surface area contributed by atoms with Gasteiger partial charge in [0, 0.05) is 30.1 Å². The molecule has 0 aromatic rings. The van der Waals surface area contributed by atoms with E-state index in [4.69, 9.17) is 9.47 Å². The molecule has 0 aromatic heterocycles. The molecule has 4 aliphatic rings.